The number of amides is 1. The molecule has 4 nitrogen and oxygen atoms in total. The highest BCUT2D eigenvalue weighted by Gasteiger charge is 2.16. The van der Waals surface area contributed by atoms with Crippen LogP contribution in [0.2, 0.25) is 0 Å². The van der Waals surface area contributed by atoms with Gasteiger partial charge in [-0.05, 0) is 37.6 Å². The maximum atomic E-state index is 12.3. The summed E-state index contributed by atoms with van der Waals surface area (Å²) in [6.45, 7) is 3.52. The molecule has 1 N–H and O–H groups in total. The Morgan fingerprint density at radius 2 is 1.52 bits per heavy atom. The average molecular weight is 309 g/mol. The topological polar surface area (TPSA) is 55.4 Å². The van der Waals surface area contributed by atoms with Crippen molar-refractivity contribution in [1.29, 1.82) is 0 Å². The van der Waals surface area contributed by atoms with Crippen LogP contribution in [0, 0.1) is 0 Å². The van der Waals surface area contributed by atoms with Crippen molar-refractivity contribution in [3.8, 4) is 0 Å². The summed E-state index contributed by atoms with van der Waals surface area (Å²) in [5.41, 5.74) is 1.39. The van der Waals surface area contributed by atoms with Crippen LogP contribution in [0.25, 0.3) is 6.08 Å². The smallest absolute Gasteiger partial charge is 0.355 e. The molecule has 0 fully saturated rings. The Hall–Kier alpha value is -2.88. The van der Waals surface area contributed by atoms with Gasteiger partial charge in [-0.15, -0.1) is 0 Å². The molecule has 2 aromatic carbocycles. The van der Waals surface area contributed by atoms with Crippen LogP contribution in [0.1, 0.15) is 29.8 Å². The second kappa shape index (κ2) is 7.94. The highest BCUT2D eigenvalue weighted by Crippen LogP contribution is 2.09. The SMILES string of the molecule is CC(C)OC(=O)C(=Cc1ccccc1)NC(=O)c1ccccc1. The average Bonchev–Trinajstić information content (AvgIpc) is 2.55. The van der Waals surface area contributed by atoms with Gasteiger partial charge in [-0.25, -0.2) is 4.79 Å². The second-order valence-electron chi connectivity index (χ2n) is 5.24. The van der Waals surface area contributed by atoms with Crippen LogP contribution in [0.5, 0.6) is 0 Å². The van der Waals surface area contributed by atoms with Crippen LogP contribution < -0.4 is 5.32 Å². The van der Waals surface area contributed by atoms with Crippen LogP contribution in [0.3, 0.4) is 0 Å². The van der Waals surface area contributed by atoms with Crippen molar-refractivity contribution in [3.05, 3.63) is 77.5 Å². The summed E-state index contributed by atoms with van der Waals surface area (Å²) in [5, 5.41) is 2.63. The normalized spacial score (nSPS) is 11.2. The van der Waals surface area contributed by atoms with Gasteiger partial charge in [-0.1, -0.05) is 48.5 Å². The summed E-state index contributed by atoms with van der Waals surface area (Å²) in [6, 6.07) is 18.0. The first kappa shape index (κ1) is 16.5. The summed E-state index contributed by atoms with van der Waals surface area (Å²) in [5.74, 6) is -0.915. The molecule has 0 aromatic heterocycles. The van der Waals surface area contributed by atoms with Crippen LogP contribution in [-0.2, 0) is 9.53 Å². The Morgan fingerprint density at radius 3 is 2.09 bits per heavy atom. The van der Waals surface area contributed by atoms with Gasteiger partial charge in [0.25, 0.3) is 5.91 Å². The monoisotopic (exact) mass is 309 g/mol. The van der Waals surface area contributed by atoms with Gasteiger partial charge in [-0.3, -0.25) is 4.79 Å². The highest BCUT2D eigenvalue weighted by molar-refractivity contribution is 6.03. The molecule has 0 saturated heterocycles. The van der Waals surface area contributed by atoms with Crippen molar-refractivity contribution in [2.75, 3.05) is 0 Å². The molecule has 0 radical (unpaired) electrons. The molecule has 0 unspecified atom stereocenters. The predicted molar refractivity (Wildman–Crippen MR) is 89.6 cm³/mol. The van der Waals surface area contributed by atoms with E-state index in [4.69, 9.17) is 4.74 Å². The van der Waals surface area contributed by atoms with Crippen molar-refractivity contribution in [1.82, 2.24) is 5.32 Å². The third kappa shape index (κ3) is 5.11. The first-order valence-corrected chi connectivity index (χ1v) is 7.40. The van der Waals surface area contributed by atoms with E-state index in [9.17, 15) is 9.59 Å². The van der Waals surface area contributed by atoms with Crippen molar-refractivity contribution in [2.45, 2.75) is 20.0 Å². The van der Waals surface area contributed by atoms with Crippen molar-refractivity contribution in [3.63, 3.8) is 0 Å². The number of ether oxygens (including phenoxy) is 1. The van der Waals surface area contributed by atoms with E-state index in [1.54, 1.807) is 44.2 Å². The fourth-order valence-electron chi connectivity index (χ4n) is 1.92. The van der Waals surface area contributed by atoms with Gasteiger partial charge < -0.3 is 10.1 Å². The quantitative estimate of drug-likeness (QED) is 0.680. The molecular weight excluding hydrogens is 290 g/mol. The molecule has 0 spiro atoms. The lowest BCUT2D eigenvalue weighted by molar-refractivity contribution is -0.142. The van der Waals surface area contributed by atoms with Crippen LogP contribution in [0.15, 0.2) is 66.4 Å². The Bertz CT molecular complexity index is 691. The van der Waals surface area contributed by atoms with Gasteiger partial charge in [0.1, 0.15) is 5.70 Å². The van der Waals surface area contributed by atoms with Gasteiger partial charge in [0.15, 0.2) is 0 Å². The molecule has 4 heteroatoms. The number of esters is 1. The summed E-state index contributed by atoms with van der Waals surface area (Å²) in [6.07, 6.45) is 1.33. The molecule has 118 valence electrons. The fourth-order valence-corrected chi connectivity index (χ4v) is 1.92. The zero-order chi connectivity index (χ0) is 16.7. The minimum absolute atomic E-state index is 0.110. The van der Waals surface area contributed by atoms with E-state index in [-0.39, 0.29) is 17.7 Å². The van der Waals surface area contributed by atoms with Crippen LogP contribution >= 0.6 is 0 Å². The number of carbonyl (C=O) groups is 2. The molecule has 0 aliphatic carbocycles. The summed E-state index contributed by atoms with van der Waals surface area (Å²) in [7, 11) is 0. The lowest BCUT2D eigenvalue weighted by Gasteiger charge is -2.12. The molecule has 2 rings (SSSR count). The summed E-state index contributed by atoms with van der Waals surface area (Å²) >= 11 is 0. The lowest BCUT2D eigenvalue weighted by atomic mass is 10.1. The van der Waals surface area contributed by atoms with Gasteiger partial charge in [0, 0.05) is 5.56 Å². The first-order chi connectivity index (χ1) is 11.1. The predicted octanol–water partition coefficient (Wildman–Crippen LogP) is 3.41. The third-order valence-electron chi connectivity index (χ3n) is 2.96. The van der Waals surface area contributed by atoms with E-state index in [0.29, 0.717) is 5.56 Å². The van der Waals surface area contributed by atoms with Crippen molar-refractivity contribution in [2.24, 2.45) is 0 Å². The van der Waals surface area contributed by atoms with E-state index >= 15 is 0 Å². The molecule has 0 aliphatic heterocycles. The molecule has 23 heavy (non-hydrogen) atoms. The minimum atomic E-state index is -0.562. The number of nitrogens with one attached hydrogen (secondary N) is 1. The second-order valence-corrected chi connectivity index (χ2v) is 5.24. The Kier molecular flexibility index (Phi) is 5.69. The molecule has 0 aliphatic rings. The van der Waals surface area contributed by atoms with Gasteiger partial charge in [0.05, 0.1) is 6.10 Å². The molecule has 0 heterocycles. The number of hydrogen-bond acceptors (Lipinski definition) is 3. The van der Waals surface area contributed by atoms with E-state index in [0.717, 1.165) is 5.56 Å². The van der Waals surface area contributed by atoms with Crippen LogP contribution in [-0.4, -0.2) is 18.0 Å². The molecule has 0 bridgehead atoms. The maximum Gasteiger partial charge on any atom is 0.355 e. The van der Waals surface area contributed by atoms with E-state index < -0.39 is 5.97 Å². The van der Waals surface area contributed by atoms with E-state index in [2.05, 4.69) is 5.32 Å². The van der Waals surface area contributed by atoms with Gasteiger partial charge >= 0.3 is 5.97 Å². The number of rotatable bonds is 5. The lowest BCUT2D eigenvalue weighted by Crippen LogP contribution is -2.29. The Morgan fingerprint density at radius 1 is 0.957 bits per heavy atom. The van der Waals surface area contributed by atoms with Gasteiger partial charge in [0.2, 0.25) is 0 Å². The first-order valence-electron chi connectivity index (χ1n) is 7.40. The summed E-state index contributed by atoms with van der Waals surface area (Å²) < 4.78 is 5.20. The fraction of sp³-hybridized carbons (Fsp3) is 0.158. The summed E-state index contributed by atoms with van der Waals surface area (Å²) in [4.78, 5) is 24.5. The molecule has 0 atom stereocenters. The standard InChI is InChI=1S/C19H19NO3/c1-14(2)23-19(22)17(13-15-9-5-3-6-10-15)20-18(21)16-11-7-4-8-12-16/h3-14H,1-2H3,(H,20,21). The number of benzene rings is 2. The van der Waals surface area contributed by atoms with Crippen molar-refractivity contribution >= 4 is 18.0 Å². The van der Waals surface area contributed by atoms with Crippen LogP contribution in [0.4, 0.5) is 0 Å². The Labute approximate surface area is 135 Å². The molecule has 2 aromatic rings. The molecular formula is C19H19NO3. The van der Waals surface area contributed by atoms with Crippen molar-refractivity contribution < 1.29 is 14.3 Å². The van der Waals surface area contributed by atoms with E-state index in [1.807, 2.05) is 36.4 Å². The Balaban J connectivity index is 2.25. The third-order valence-corrected chi connectivity index (χ3v) is 2.96. The largest absolute Gasteiger partial charge is 0.458 e. The maximum absolute atomic E-state index is 12.3. The van der Waals surface area contributed by atoms with E-state index in [1.165, 1.54) is 0 Å². The molecule has 1 amide bonds. The minimum Gasteiger partial charge on any atom is -0.458 e. The number of carbonyl (C=O) groups excluding carboxylic acids is 2. The zero-order valence-corrected chi connectivity index (χ0v) is 13.2. The highest BCUT2D eigenvalue weighted by atomic mass is 16.5. The molecule has 0 saturated carbocycles. The van der Waals surface area contributed by atoms with Gasteiger partial charge in [-0.2, -0.15) is 0 Å². The number of hydrogen-bond donors (Lipinski definition) is 1. The zero-order valence-electron chi connectivity index (χ0n) is 13.2.